The second-order valence-electron chi connectivity index (χ2n) is 4.91. The van der Waals surface area contributed by atoms with Crippen LogP contribution in [0.4, 0.5) is 0 Å². The Balaban J connectivity index is 1.57. The van der Waals surface area contributed by atoms with Crippen LogP contribution in [0.5, 0.6) is 17.2 Å². The van der Waals surface area contributed by atoms with E-state index in [1.807, 2.05) is 0 Å². The molecule has 2 N–H and O–H groups in total. The van der Waals surface area contributed by atoms with Crippen LogP contribution in [0.3, 0.4) is 0 Å². The van der Waals surface area contributed by atoms with Gasteiger partial charge in [0.25, 0.3) is 0 Å². The minimum Gasteiger partial charge on any atom is -0.493 e. The van der Waals surface area contributed by atoms with Gasteiger partial charge in [-0.15, -0.1) is 0 Å². The van der Waals surface area contributed by atoms with Crippen LogP contribution in [0.25, 0.3) is 0 Å². The highest BCUT2D eigenvalue weighted by atomic mass is 16.7. The third-order valence-electron chi connectivity index (χ3n) is 3.26. The van der Waals surface area contributed by atoms with E-state index in [-0.39, 0.29) is 25.9 Å². The van der Waals surface area contributed by atoms with Crippen LogP contribution in [0.15, 0.2) is 12.1 Å². The van der Waals surface area contributed by atoms with E-state index in [1.165, 1.54) is 0 Å². The maximum atomic E-state index is 11.5. The van der Waals surface area contributed by atoms with Crippen molar-refractivity contribution < 1.29 is 24.1 Å². The van der Waals surface area contributed by atoms with E-state index >= 15 is 0 Å². The molecule has 0 spiro atoms. The molecule has 0 bridgehead atoms. The van der Waals surface area contributed by atoms with E-state index in [9.17, 15) is 9.90 Å². The summed E-state index contributed by atoms with van der Waals surface area (Å²) in [6.07, 6.45) is 2.45. The van der Waals surface area contributed by atoms with Gasteiger partial charge in [-0.2, -0.15) is 0 Å². The van der Waals surface area contributed by atoms with Crippen LogP contribution in [-0.2, 0) is 11.4 Å². The molecule has 0 atom stereocenters. The Bertz CT molecular complexity index is 513. The van der Waals surface area contributed by atoms with Crippen molar-refractivity contribution in [2.75, 3.05) is 13.4 Å². The van der Waals surface area contributed by atoms with E-state index in [0.29, 0.717) is 35.3 Å². The minimum absolute atomic E-state index is 0.00112. The quantitative estimate of drug-likeness (QED) is 0.811. The number of rotatable bonds is 6. The first-order valence-electron chi connectivity index (χ1n) is 6.72. The van der Waals surface area contributed by atoms with Gasteiger partial charge >= 0.3 is 0 Å². The molecule has 0 saturated heterocycles. The van der Waals surface area contributed by atoms with Crippen molar-refractivity contribution in [2.24, 2.45) is 0 Å². The third kappa shape index (κ3) is 2.96. The summed E-state index contributed by atoms with van der Waals surface area (Å²) < 4.78 is 16.1. The fourth-order valence-electron chi connectivity index (χ4n) is 2.00. The summed E-state index contributed by atoms with van der Waals surface area (Å²) in [5.41, 5.74) is 0.622. The molecule has 2 aliphatic rings. The lowest BCUT2D eigenvalue weighted by Crippen LogP contribution is -2.26. The number of carbonyl (C=O) groups is 1. The van der Waals surface area contributed by atoms with Crippen LogP contribution < -0.4 is 19.5 Å². The number of carbonyl (C=O) groups excluding carboxylic acids is 1. The highest BCUT2D eigenvalue weighted by Crippen LogP contribution is 2.38. The largest absolute Gasteiger partial charge is 0.493 e. The fourth-order valence-corrected chi connectivity index (χ4v) is 2.00. The highest BCUT2D eigenvalue weighted by molar-refractivity contribution is 5.76. The minimum atomic E-state index is -0.153. The molecular weight excluding hydrogens is 262 g/mol. The highest BCUT2D eigenvalue weighted by Gasteiger charge is 2.23. The van der Waals surface area contributed by atoms with Crippen LogP contribution in [-0.4, -0.2) is 30.5 Å². The smallest absolute Gasteiger partial charge is 0.231 e. The number of amides is 1. The molecule has 1 aliphatic heterocycles. The average Bonchev–Trinajstić information content (AvgIpc) is 3.13. The van der Waals surface area contributed by atoms with Crippen LogP contribution >= 0.6 is 0 Å². The number of aliphatic hydroxyl groups excluding tert-OH is 1. The molecule has 1 amide bonds. The van der Waals surface area contributed by atoms with Crippen molar-refractivity contribution in [1.29, 1.82) is 0 Å². The second kappa shape index (κ2) is 5.58. The van der Waals surface area contributed by atoms with Gasteiger partial charge in [-0.1, -0.05) is 0 Å². The van der Waals surface area contributed by atoms with Crippen LogP contribution in [0, 0.1) is 0 Å². The van der Waals surface area contributed by atoms with Crippen molar-refractivity contribution in [3.8, 4) is 17.2 Å². The number of nitrogens with one attached hydrogen (secondary N) is 1. The number of hydrogen-bond donors (Lipinski definition) is 2. The van der Waals surface area contributed by atoms with E-state index in [2.05, 4.69) is 5.32 Å². The SMILES string of the molecule is O=C(CCOc1cc2c(cc1CO)OCO2)NC1CC1. The molecule has 1 aromatic rings. The Morgan fingerprint density at radius 2 is 2.10 bits per heavy atom. The summed E-state index contributed by atoms with van der Waals surface area (Å²) in [5.74, 6) is 1.72. The van der Waals surface area contributed by atoms with Crippen molar-refractivity contribution in [3.05, 3.63) is 17.7 Å². The topological polar surface area (TPSA) is 77.0 Å². The molecule has 1 aromatic carbocycles. The first kappa shape index (κ1) is 13.1. The second-order valence-corrected chi connectivity index (χ2v) is 4.91. The molecule has 1 aliphatic carbocycles. The van der Waals surface area contributed by atoms with Gasteiger partial charge in [-0.25, -0.2) is 0 Å². The van der Waals surface area contributed by atoms with E-state index < -0.39 is 0 Å². The third-order valence-corrected chi connectivity index (χ3v) is 3.26. The molecule has 20 heavy (non-hydrogen) atoms. The Morgan fingerprint density at radius 3 is 2.80 bits per heavy atom. The molecule has 0 radical (unpaired) electrons. The lowest BCUT2D eigenvalue weighted by atomic mass is 10.2. The van der Waals surface area contributed by atoms with E-state index in [4.69, 9.17) is 14.2 Å². The normalized spacial score (nSPS) is 16.1. The first-order chi connectivity index (χ1) is 9.76. The Kier molecular flexibility index (Phi) is 3.64. The average molecular weight is 279 g/mol. The molecule has 0 aromatic heterocycles. The molecule has 108 valence electrons. The van der Waals surface area contributed by atoms with E-state index in [0.717, 1.165) is 12.8 Å². The van der Waals surface area contributed by atoms with Gasteiger partial charge in [-0.3, -0.25) is 4.79 Å². The van der Waals surface area contributed by atoms with Gasteiger partial charge in [0.1, 0.15) is 5.75 Å². The number of hydrogen-bond acceptors (Lipinski definition) is 5. The Morgan fingerprint density at radius 1 is 1.35 bits per heavy atom. The zero-order valence-electron chi connectivity index (χ0n) is 11.1. The molecule has 3 rings (SSSR count). The zero-order chi connectivity index (χ0) is 13.9. The lowest BCUT2D eigenvalue weighted by Gasteiger charge is -2.11. The molecule has 6 heteroatoms. The zero-order valence-corrected chi connectivity index (χ0v) is 11.1. The van der Waals surface area contributed by atoms with Gasteiger partial charge in [0.15, 0.2) is 11.5 Å². The summed E-state index contributed by atoms with van der Waals surface area (Å²) >= 11 is 0. The molecule has 1 saturated carbocycles. The van der Waals surface area contributed by atoms with E-state index in [1.54, 1.807) is 12.1 Å². The summed E-state index contributed by atoms with van der Waals surface area (Å²) in [6, 6.07) is 3.75. The Hall–Kier alpha value is -1.95. The first-order valence-corrected chi connectivity index (χ1v) is 6.72. The number of aliphatic hydroxyl groups is 1. The van der Waals surface area contributed by atoms with Gasteiger partial charge in [0.05, 0.1) is 19.6 Å². The summed E-state index contributed by atoms with van der Waals surface area (Å²) in [6.45, 7) is 0.291. The molecule has 1 heterocycles. The summed E-state index contributed by atoms with van der Waals surface area (Å²) in [4.78, 5) is 11.5. The maximum absolute atomic E-state index is 11.5. The molecule has 0 unspecified atom stereocenters. The van der Waals surface area contributed by atoms with Crippen LogP contribution in [0.2, 0.25) is 0 Å². The lowest BCUT2D eigenvalue weighted by molar-refractivity contribution is -0.121. The number of ether oxygens (including phenoxy) is 3. The Labute approximate surface area is 116 Å². The predicted octanol–water partition coefficient (Wildman–Crippen LogP) is 0.955. The molecule has 6 nitrogen and oxygen atoms in total. The fraction of sp³-hybridized carbons (Fsp3) is 0.500. The monoisotopic (exact) mass is 279 g/mol. The standard InChI is InChI=1S/C14H17NO5/c16-7-9-5-12-13(20-8-19-12)6-11(9)18-4-3-14(17)15-10-1-2-10/h5-6,10,16H,1-4,7-8H2,(H,15,17). The number of fused-ring (bicyclic) bond motifs is 1. The summed E-state index contributed by atoms with van der Waals surface area (Å²) in [7, 11) is 0. The van der Waals surface area contributed by atoms with Crippen molar-refractivity contribution in [1.82, 2.24) is 5.32 Å². The van der Waals surface area contributed by atoms with Gasteiger partial charge < -0.3 is 24.6 Å². The van der Waals surface area contributed by atoms with Crippen molar-refractivity contribution in [2.45, 2.75) is 31.9 Å². The van der Waals surface area contributed by atoms with Crippen molar-refractivity contribution in [3.63, 3.8) is 0 Å². The summed E-state index contributed by atoms with van der Waals surface area (Å²) in [5, 5.41) is 12.2. The van der Waals surface area contributed by atoms with Gasteiger partial charge in [0, 0.05) is 17.7 Å². The van der Waals surface area contributed by atoms with Gasteiger partial charge in [-0.05, 0) is 18.9 Å². The predicted molar refractivity (Wildman–Crippen MR) is 69.8 cm³/mol. The molecule has 1 fully saturated rings. The number of benzene rings is 1. The van der Waals surface area contributed by atoms with Crippen LogP contribution in [0.1, 0.15) is 24.8 Å². The van der Waals surface area contributed by atoms with Gasteiger partial charge in [0.2, 0.25) is 12.7 Å². The van der Waals surface area contributed by atoms with Crippen molar-refractivity contribution >= 4 is 5.91 Å². The molecular formula is C14H17NO5. The maximum Gasteiger partial charge on any atom is 0.231 e.